The Balaban J connectivity index is 1.94. The van der Waals surface area contributed by atoms with Crippen LogP contribution in [0.2, 0.25) is 0 Å². The topological polar surface area (TPSA) is 55.1 Å². The standard InChI is InChI=1S/C14H15FN2OS/c15-9-6-3-7-10-11(9)12(16)13(19-10)14(18)17-8-4-1-2-5-8/h3,6-8H,1-2,4-5,16H2,(H,17,18). The Labute approximate surface area is 114 Å². The van der Waals surface area contributed by atoms with Crippen LogP contribution >= 0.6 is 11.3 Å². The molecule has 100 valence electrons. The quantitative estimate of drug-likeness (QED) is 0.885. The molecule has 0 saturated heterocycles. The summed E-state index contributed by atoms with van der Waals surface area (Å²) in [4.78, 5) is 12.6. The van der Waals surface area contributed by atoms with Crippen LogP contribution in [0.25, 0.3) is 10.1 Å². The average molecular weight is 278 g/mol. The van der Waals surface area contributed by atoms with Crippen molar-refractivity contribution in [3.63, 3.8) is 0 Å². The third-order valence-electron chi connectivity index (χ3n) is 3.60. The summed E-state index contributed by atoms with van der Waals surface area (Å²) in [6, 6.07) is 5.02. The Bertz CT molecular complexity index is 632. The van der Waals surface area contributed by atoms with Crippen molar-refractivity contribution in [2.45, 2.75) is 31.7 Å². The first kappa shape index (κ1) is 12.4. The number of benzene rings is 1. The van der Waals surface area contributed by atoms with E-state index in [1.54, 1.807) is 12.1 Å². The van der Waals surface area contributed by atoms with Crippen LogP contribution in [0.5, 0.6) is 0 Å². The van der Waals surface area contributed by atoms with Crippen LogP contribution in [0, 0.1) is 5.82 Å². The summed E-state index contributed by atoms with van der Waals surface area (Å²) in [5, 5.41) is 3.35. The minimum atomic E-state index is -0.369. The predicted octanol–water partition coefficient (Wildman–Crippen LogP) is 3.30. The van der Waals surface area contributed by atoms with E-state index in [9.17, 15) is 9.18 Å². The number of halogens is 1. The van der Waals surface area contributed by atoms with Gasteiger partial charge < -0.3 is 11.1 Å². The fraction of sp³-hybridized carbons (Fsp3) is 0.357. The zero-order valence-corrected chi connectivity index (χ0v) is 11.2. The van der Waals surface area contributed by atoms with E-state index in [1.807, 2.05) is 0 Å². The van der Waals surface area contributed by atoms with Gasteiger partial charge in [-0.1, -0.05) is 18.9 Å². The maximum atomic E-state index is 13.7. The summed E-state index contributed by atoms with van der Waals surface area (Å²) in [7, 11) is 0. The number of thiophene rings is 1. The number of fused-ring (bicyclic) bond motifs is 1. The van der Waals surface area contributed by atoms with Gasteiger partial charge >= 0.3 is 0 Å². The zero-order chi connectivity index (χ0) is 13.4. The van der Waals surface area contributed by atoms with Crippen molar-refractivity contribution in [2.24, 2.45) is 0 Å². The van der Waals surface area contributed by atoms with E-state index < -0.39 is 0 Å². The number of hydrogen-bond acceptors (Lipinski definition) is 3. The molecule has 5 heteroatoms. The molecule has 3 rings (SSSR count). The molecule has 19 heavy (non-hydrogen) atoms. The molecular weight excluding hydrogens is 263 g/mol. The lowest BCUT2D eigenvalue weighted by Gasteiger charge is -2.10. The second-order valence-corrected chi connectivity index (χ2v) is 5.96. The Morgan fingerprint density at radius 2 is 2.11 bits per heavy atom. The summed E-state index contributed by atoms with van der Waals surface area (Å²) in [5.74, 6) is -0.545. The second-order valence-electron chi connectivity index (χ2n) is 4.91. The number of nitrogens with two attached hydrogens (primary N) is 1. The van der Waals surface area contributed by atoms with Crippen LogP contribution < -0.4 is 11.1 Å². The minimum absolute atomic E-state index is 0.176. The molecule has 3 N–H and O–H groups in total. The number of amides is 1. The Morgan fingerprint density at radius 3 is 2.79 bits per heavy atom. The molecule has 0 spiro atoms. The molecule has 0 atom stereocenters. The summed E-state index contributed by atoms with van der Waals surface area (Å²) in [5.41, 5.74) is 6.18. The highest BCUT2D eigenvalue weighted by atomic mass is 32.1. The van der Waals surface area contributed by atoms with Crippen molar-refractivity contribution in [3.8, 4) is 0 Å². The van der Waals surface area contributed by atoms with Gasteiger partial charge in [-0.3, -0.25) is 4.79 Å². The molecule has 1 aliphatic rings. The lowest BCUT2D eigenvalue weighted by atomic mass is 10.2. The number of nitrogen functional groups attached to an aromatic ring is 1. The van der Waals surface area contributed by atoms with Gasteiger partial charge in [0.15, 0.2) is 0 Å². The highest BCUT2D eigenvalue weighted by Gasteiger charge is 2.22. The molecule has 1 fully saturated rings. The molecule has 3 nitrogen and oxygen atoms in total. The molecule has 1 aliphatic carbocycles. The predicted molar refractivity (Wildman–Crippen MR) is 75.9 cm³/mol. The lowest BCUT2D eigenvalue weighted by Crippen LogP contribution is -2.32. The Hall–Kier alpha value is -1.62. The van der Waals surface area contributed by atoms with Crippen molar-refractivity contribution in [1.82, 2.24) is 5.32 Å². The van der Waals surface area contributed by atoms with E-state index >= 15 is 0 Å². The first-order valence-electron chi connectivity index (χ1n) is 6.44. The summed E-state index contributed by atoms with van der Waals surface area (Å²) < 4.78 is 14.4. The average Bonchev–Trinajstić information content (AvgIpc) is 2.98. The number of carbonyl (C=O) groups excluding carboxylic acids is 1. The zero-order valence-electron chi connectivity index (χ0n) is 10.4. The highest BCUT2D eigenvalue weighted by Crippen LogP contribution is 2.35. The number of nitrogens with one attached hydrogen (secondary N) is 1. The molecular formula is C14H15FN2OS. The van der Waals surface area contributed by atoms with E-state index in [-0.39, 0.29) is 23.5 Å². The lowest BCUT2D eigenvalue weighted by molar-refractivity contribution is 0.0943. The molecule has 2 aromatic rings. The SMILES string of the molecule is Nc1c(C(=O)NC2CCCC2)sc2cccc(F)c12. The first-order chi connectivity index (χ1) is 9.16. The van der Waals surface area contributed by atoms with Crippen molar-refractivity contribution in [2.75, 3.05) is 5.73 Å². The summed E-state index contributed by atoms with van der Waals surface area (Å²) in [6.45, 7) is 0. The number of carbonyl (C=O) groups is 1. The van der Waals surface area contributed by atoms with E-state index in [0.717, 1.165) is 25.7 Å². The van der Waals surface area contributed by atoms with Gasteiger partial charge in [0.05, 0.1) is 11.1 Å². The van der Waals surface area contributed by atoms with Gasteiger partial charge in [-0.15, -0.1) is 11.3 Å². The third-order valence-corrected chi connectivity index (χ3v) is 4.77. The molecule has 0 radical (unpaired) electrons. The molecule has 1 aromatic carbocycles. The third kappa shape index (κ3) is 2.18. The maximum absolute atomic E-state index is 13.7. The van der Waals surface area contributed by atoms with Crippen molar-refractivity contribution in [1.29, 1.82) is 0 Å². The number of anilines is 1. The molecule has 0 bridgehead atoms. The normalized spacial score (nSPS) is 16.1. The van der Waals surface area contributed by atoms with E-state index in [4.69, 9.17) is 5.73 Å². The van der Waals surface area contributed by atoms with E-state index in [1.165, 1.54) is 17.4 Å². The molecule has 1 saturated carbocycles. The number of hydrogen-bond donors (Lipinski definition) is 2. The van der Waals surface area contributed by atoms with Crippen LogP contribution in [-0.2, 0) is 0 Å². The maximum Gasteiger partial charge on any atom is 0.263 e. The highest BCUT2D eigenvalue weighted by molar-refractivity contribution is 7.21. The minimum Gasteiger partial charge on any atom is -0.397 e. The largest absolute Gasteiger partial charge is 0.397 e. The fourth-order valence-electron chi connectivity index (χ4n) is 2.62. The van der Waals surface area contributed by atoms with Gasteiger partial charge in [0, 0.05) is 10.7 Å². The fourth-order valence-corrected chi connectivity index (χ4v) is 3.66. The van der Waals surface area contributed by atoms with E-state index in [2.05, 4.69) is 5.32 Å². The molecule has 1 heterocycles. The number of rotatable bonds is 2. The molecule has 0 aliphatic heterocycles. The van der Waals surface area contributed by atoms with Crippen molar-refractivity contribution >= 4 is 33.0 Å². The van der Waals surface area contributed by atoms with Gasteiger partial charge in [-0.05, 0) is 25.0 Å². The smallest absolute Gasteiger partial charge is 0.263 e. The van der Waals surface area contributed by atoms with Gasteiger partial charge in [-0.2, -0.15) is 0 Å². The van der Waals surface area contributed by atoms with Crippen LogP contribution in [0.1, 0.15) is 35.4 Å². The second kappa shape index (κ2) is 4.81. The van der Waals surface area contributed by atoms with Gasteiger partial charge in [-0.25, -0.2) is 4.39 Å². The Kier molecular flexibility index (Phi) is 3.14. The molecule has 0 unspecified atom stereocenters. The van der Waals surface area contributed by atoms with Gasteiger partial charge in [0.2, 0.25) is 0 Å². The first-order valence-corrected chi connectivity index (χ1v) is 7.26. The van der Waals surface area contributed by atoms with Gasteiger partial charge in [0.25, 0.3) is 5.91 Å². The molecule has 1 aromatic heterocycles. The van der Waals surface area contributed by atoms with Crippen LogP contribution in [-0.4, -0.2) is 11.9 Å². The summed E-state index contributed by atoms with van der Waals surface area (Å²) >= 11 is 1.25. The van der Waals surface area contributed by atoms with Crippen LogP contribution in [0.3, 0.4) is 0 Å². The van der Waals surface area contributed by atoms with Crippen LogP contribution in [0.15, 0.2) is 18.2 Å². The Morgan fingerprint density at radius 1 is 1.37 bits per heavy atom. The van der Waals surface area contributed by atoms with Crippen molar-refractivity contribution in [3.05, 3.63) is 28.9 Å². The molecule has 1 amide bonds. The van der Waals surface area contributed by atoms with Crippen molar-refractivity contribution < 1.29 is 9.18 Å². The van der Waals surface area contributed by atoms with Crippen LogP contribution in [0.4, 0.5) is 10.1 Å². The van der Waals surface area contributed by atoms with E-state index in [0.29, 0.717) is 15.0 Å². The monoisotopic (exact) mass is 278 g/mol. The van der Waals surface area contributed by atoms with Gasteiger partial charge in [0.1, 0.15) is 10.7 Å². The summed E-state index contributed by atoms with van der Waals surface area (Å²) in [6.07, 6.45) is 4.35.